The van der Waals surface area contributed by atoms with Crippen molar-refractivity contribution in [3.05, 3.63) is 57.6 Å². The number of hydrogen-bond acceptors (Lipinski definition) is 3. The fourth-order valence-corrected chi connectivity index (χ4v) is 4.11. The predicted molar refractivity (Wildman–Crippen MR) is 128 cm³/mol. The standard InChI is InChI=1S/C27H41NO2/c1-16(2)22-10-20(11-23(17(3)4)26(22)29)14-28(9)15-21-12-24(18(5)6)27(30)25(13-21)19(7)8/h10-13,16-19,29-30H,14-15H2,1-9H3. The topological polar surface area (TPSA) is 43.7 Å². The normalized spacial score (nSPS) is 12.2. The Kier molecular flexibility index (Phi) is 7.99. The molecule has 30 heavy (non-hydrogen) atoms. The second-order valence-electron chi connectivity index (χ2n) is 10.0. The maximum Gasteiger partial charge on any atom is 0.122 e. The summed E-state index contributed by atoms with van der Waals surface area (Å²) < 4.78 is 0. The maximum atomic E-state index is 10.7. The number of phenols is 2. The Morgan fingerprint density at radius 2 is 0.800 bits per heavy atom. The highest BCUT2D eigenvalue weighted by molar-refractivity contribution is 5.48. The molecule has 0 saturated carbocycles. The van der Waals surface area contributed by atoms with E-state index in [1.165, 1.54) is 11.1 Å². The summed E-state index contributed by atoms with van der Waals surface area (Å²) in [6.07, 6.45) is 0. The average Bonchev–Trinajstić information content (AvgIpc) is 2.63. The first-order valence-corrected chi connectivity index (χ1v) is 11.3. The summed E-state index contributed by atoms with van der Waals surface area (Å²) in [6, 6.07) is 8.60. The predicted octanol–water partition coefficient (Wildman–Crippen LogP) is 7.22. The largest absolute Gasteiger partial charge is 0.507 e. The molecule has 0 heterocycles. The van der Waals surface area contributed by atoms with Crippen molar-refractivity contribution in [1.82, 2.24) is 4.90 Å². The molecule has 0 bridgehead atoms. The van der Waals surface area contributed by atoms with Crippen molar-refractivity contribution in [2.24, 2.45) is 0 Å². The van der Waals surface area contributed by atoms with Crippen molar-refractivity contribution in [1.29, 1.82) is 0 Å². The van der Waals surface area contributed by atoms with E-state index in [4.69, 9.17) is 0 Å². The van der Waals surface area contributed by atoms with E-state index in [0.29, 0.717) is 11.5 Å². The van der Waals surface area contributed by atoms with Gasteiger partial charge in [-0.05, 0) is 64.1 Å². The van der Waals surface area contributed by atoms with Crippen molar-refractivity contribution >= 4 is 0 Å². The van der Waals surface area contributed by atoms with Crippen LogP contribution >= 0.6 is 0 Å². The van der Waals surface area contributed by atoms with Gasteiger partial charge in [0.2, 0.25) is 0 Å². The maximum absolute atomic E-state index is 10.7. The average molecular weight is 412 g/mol. The molecule has 3 nitrogen and oxygen atoms in total. The minimum atomic E-state index is 0.284. The van der Waals surface area contributed by atoms with E-state index in [0.717, 1.165) is 35.3 Å². The summed E-state index contributed by atoms with van der Waals surface area (Å²) in [6.45, 7) is 18.7. The lowest BCUT2D eigenvalue weighted by Gasteiger charge is -2.23. The molecule has 0 amide bonds. The molecule has 0 aliphatic rings. The summed E-state index contributed by atoms with van der Waals surface area (Å²) in [5.41, 5.74) is 6.57. The highest BCUT2D eigenvalue weighted by atomic mass is 16.3. The van der Waals surface area contributed by atoms with E-state index in [1.54, 1.807) is 0 Å². The number of nitrogens with zero attached hydrogens (tertiary/aromatic N) is 1. The van der Waals surface area contributed by atoms with Gasteiger partial charge in [0.25, 0.3) is 0 Å². The molecular formula is C27H41NO2. The summed E-state index contributed by atoms with van der Waals surface area (Å²) in [7, 11) is 2.13. The van der Waals surface area contributed by atoms with Crippen LogP contribution in [-0.4, -0.2) is 22.2 Å². The lowest BCUT2D eigenvalue weighted by Crippen LogP contribution is -2.18. The van der Waals surface area contributed by atoms with E-state index in [1.807, 2.05) is 0 Å². The Bertz CT molecular complexity index is 736. The van der Waals surface area contributed by atoms with Gasteiger partial charge >= 0.3 is 0 Å². The smallest absolute Gasteiger partial charge is 0.122 e. The second-order valence-corrected chi connectivity index (χ2v) is 10.0. The Balaban J connectivity index is 2.33. The van der Waals surface area contributed by atoms with Crippen LogP contribution < -0.4 is 0 Å². The second kappa shape index (κ2) is 9.87. The lowest BCUT2D eigenvalue weighted by atomic mass is 9.91. The van der Waals surface area contributed by atoms with Crippen molar-refractivity contribution in [2.45, 2.75) is 92.2 Å². The molecule has 0 unspecified atom stereocenters. The molecule has 0 aliphatic carbocycles. The molecule has 2 aromatic rings. The molecule has 0 saturated heterocycles. The van der Waals surface area contributed by atoms with Crippen LogP contribution in [0, 0.1) is 0 Å². The van der Waals surface area contributed by atoms with Crippen molar-refractivity contribution in [3.63, 3.8) is 0 Å². The van der Waals surface area contributed by atoms with Crippen LogP contribution in [0.4, 0.5) is 0 Å². The van der Waals surface area contributed by atoms with Gasteiger partial charge in [0.1, 0.15) is 11.5 Å². The Hall–Kier alpha value is -2.00. The Morgan fingerprint density at radius 1 is 0.567 bits per heavy atom. The van der Waals surface area contributed by atoms with Crippen molar-refractivity contribution < 1.29 is 10.2 Å². The monoisotopic (exact) mass is 411 g/mol. The number of aromatic hydroxyl groups is 2. The van der Waals surface area contributed by atoms with Gasteiger partial charge in [0.05, 0.1) is 0 Å². The highest BCUT2D eigenvalue weighted by Gasteiger charge is 2.18. The fourth-order valence-electron chi connectivity index (χ4n) is 4.11. The molecule has 0 spiro atoms. The van der Waals surface area contributed by atoms with Gasteiger partial charge in [-0.2, -0.15) is 0 Å². The van der Waals surface area contributed by atoms with Gasteiger partial charge < -0.3 is 10.2 Å². The summed E-state index contributed by atoms with van der Waals surface area (Å²) in [4.78, 5) is 2.31. The van der Waals surface area contributed by atoms with E-state index in [9.17, 15) is 10.2 Å². The van der Waals surface area contributed by atoms with Crippen LogP contribution in [0.5, 0.6) is 11.5 Å². The third kappa shape index (κ3) is 5.57. The van der Waals surface area contributed by atoms with Gasteiger partial charge in [-0.1, -0.05) is 79.7 Å². The number of hydrogen-bond donors (Lipinski definition) is 2. The Labute approximate surface area is 183 Å². The van der Waals surface area contributed by atoms with Crippen LogP contribution in [0.3, 0.4) is 0 Å². The van der Waals surface area contributed by atoms with Crippen molar-refractivity contribution in [2.75, 3.05) is 7.05 Å². The van der Waals surface area contributed by atoms with E-state index in [-0.39, 0.29) is 23.7 Å². The molecule has 2 N–H and O–H groups in total. The molecular weight excluding hydrogens is 370 g/mol. The molecule has 2 rings (SSSR count). The zero-order chi connectivity index (χ0) is 22.7. The highest BCUT2D eigenvalue weighted by Crippen LogP contribution is 2.36. The fraction of sp³-hybridized carbons (Fsp3) is 0.556. The summed E-state index contributed by atoms with van der Waals surface area (Å²) in [5, 5.41) is 21.4. The summed E-state index contributed by atoms with van der Waals surface area (Å²) >= 11 is 0. The molecule has 3 heteroatoms. The first-order valence-electron chi connectivity index (χ1n) is 11.3. The van der Waals surface area contributed by atoms with Gasteiger partial charge in [0, 0.05) is 13.1 Å². The number of phenolic OH excluding ortho intramolecular Hbond substituents is 2. The van der Waals surface area contributed by atoms with Crippen LogP contribution in [-0.2, 0) is 13.1 Å². The minimum Gasteiger partial charge on any atom is -0.507 e. The van der Waals surface area contributed by atoms with Gasteiger partial charge in [-0.25, -0.2) is 0 Å². The lowest BCUT2D eigenvalue weighted by molar-refractivity contribution is 0.318. The molecule has 2 aromatic carbocycles. The third-order valence-electron chi connectivity index (χ3n) is 5.85. The minimum absolute atomic E-state index is 0.284. The molecule has 166 valence electrons. The van der Waals surface area contributed by atoms with Crippen LogP contribution in [0.1, 0.15) is 112 Å². The summed E-state index contributed by atoms with van der Waals surface area (Å²) in [5.74, 6) is 2.04. The Morgan fingerprint density at radius 3 is 1.00 bits per heavy atom. The molecule has 0 radical (unpaired) electrons. The van der Waals surface area contributed by atoms with Gasteiger partial charge in [-0.3, -0.25) is 4.90 Å². The molecule has 0 aromatic heterocycles. The SMILES string of the molecule is CC(C)c1cc(CN(C)Cc2cc(C(C)C)c(O)c(C(C)C)c2)cc(C(C)C)c1O. The molecule has 0 atom stereocenters. The van der Waals surface area contributed by atoms with Gasteiger partial charge in [-0.15, -0.1) is 0 Å². The molecule has 0 aliphatic heterocycles. The first-order chi connectivity index (χ1) is 13.9. The third-order valence-corrected chi connectivity index (χ3v) is 5.85. The number of benzene rings is 2. The van der Waals surface area contributed by atoms with E-state index in [2.05, 4.69) is 91.6 Å². The van der Waals surface area contributed by atoms with Gasteiger partial charge in [0.15, 0.2) is 0 Å². The van der Waals surface area contributed by atoms with Crippen LogP contribution in [0.15, 0.2) is 24.3 Å². The molecule has 0 fully saturated rings. The first kappa shape index (κ1) is 24.3. The van der Waals surface area contributed by atoms with Crippen LogP contribution in [0.2, 0.25) is 0 Å². The number of rotatable bonds is 8. The zero-order valence-corrected chi connectivity index (χ0v) is 20.4. The van der Waals surface area contributed by atoms with Crippen molar-refractivity contribution in [3.8, 4) is 11.5 Å². The zero-order valence-electron chi connectivity index (χ0n) is 20.4. The van der Waals surface area contributed by atoms with E-state index < -0.39 is 0 Å². The van der Waals surface area contributed by atoms with E-state index >= 15 is 0 Å². The quantitative estimate of drug-likeness (QED) is 0.482. The van der Waals surface area contributed by atoms with Crippen LogP contribution in [0.25, 0.3) is 0 Å².